The molecule has 2 aromatic rings. The first-order valence-corrected chi connectivity index (χ1v) is 10.6. The SMILES string of the molecule is O=C(Cc1ccc(F)cc1)N1CCN(C(=O)C2(c3ccc(F)cc3)CCCC2)CC1. The average Bonchev–Trinajstić information content (AvgIpc) is 3.26. The zero-order valence-corrected chi connectivity index (χ0v) is 16.9. The van der Waals surface area contributed by atoms with Crippen molar-refractivity contribution >= 4 is 11.8 Å². The van der Waals surface area contributed by atoms with Crippen LogP contribution < -0.4 is 0 Å². The second-order valence-corrected chi connectivity index (χ2v) is 8.27. The highest BCUT2D eigenvalue weighted by Crippen LogP contribution is 2.42. The lowest BCUT2D eigenvalue weighted by Gasteiger charge is -2.40. The maximum Gasteiger partial charge on any atom is 0.233 e. The first kappa shape index (κ1) is 20.5. The Morgan fingerprint density at radius 3 is 1.83 bits per heavy atom. The van der Waals surface area contributed by atoms with E-state index in [4.69, 9.17) is 0 Å². The number of nitrogens with zero attached hydrogens (tertiary/aromatic N) is 2. The van der Waals surface area contributed by atoms with Crippen LogP contribution in [0.4, 0.5) is 8.78 Å². The van der Waals surface area contributed by atoms with Gasteiger partial charge >= 0.3 is 0 Å². The maximum atomic E-state index is 13.5. The van der Waals surface area contributed by atoms with Gasteiger partial charge in [-0.25, -0.2) is 8.78 Å². The van der Waals surface area contributed by atoms with Crippen LogP contribution in [0, 0.1) is 11.6 Å². The van der Waals surface area contributed by atoms with Gasteiger partial charge in [0.15, 0.2) is 0 Å². The second kappa shape index (κ2) is 8.54. The van der Waals surface area contributed by atoms with Crippen LogP contribution in [0.15, 0.2) is 48.5 Å². The summed E-state index contributed by atoms with van der Waals surface area (Å²) < 4.78 is 26.4. The van der Waals surface area contributed by atoms with Gasteiger partial charge in [-0.2, -0.15) is 0 Å². The van der Waals surface area contributed by atoms with Crippen LogP contribution >= 0.6 is 0 Å². The summed E-state index contributed by atoms with van der Waals surface area (Å²) in [6.45, 7) is 1.98. The summed E-state index contributed by atoms with van der Waals surface area (Å²) in [5.41, 5.74) is 1.09. The minimum atomic E-state index is -0.575. The van der Waals surface area contributed by atoms with Crippen LogP contribution in [0.1, 0.15) is 36.8 Å². The minimum absolute atomic E-state index is 0.0113. The molecule has 1 heterocycles. The first-order valence-electron chi connectivity index (χ1n) is 10.6. The molecule has 6 heteroatoms. The quantitative estimate of drug-likeness (QED) is 0.769. The minimum Gasteiger partial charge on any atom is -0.339 e. The molecule has 2 fully saturated rings. The van der Waals surface area contributed by atoms with Crippen LogP contribution in [0.25, 0.3) is 0 Å². The van der Waals surface area contributed by atoms with Gasteiger partial charge in [0, 0.05) is 26.2 Å². The number of amides is 2. The normalized spacial score (nSPS) is 18.5. The number of piperazine rings is 1. The highest BCUT2D eigenvalue weighted by molar-refractivity contribution is 5.89. The van der Waals surface area contributed by atoms with E-state index in [9.17, 15) is 18.4 Å². The van der Waals surface area contributed by atoms with Crippen LogP contribution in [-0.2, 0) is 21.4 Å². The van der Waals surface area contributed by atoms with E-state index in [-0.39, 0.29) is 29.9 Å². The fourth-order valence-corrected chi connectivity index (χ4v) is 4.72. The molecular weight excluding hydrogens is 386 g/mol. The van der Waals surface area contributed by atoms with Crippen molar-refractivity contribution in [1.82, 2.24) is 9.80 Å². The van der Waals surface area contributed by atoms with E-state index in [1.54, 1.807) is 29.2 Å². The van der Waals surface area contributed by atoms with Gasteiger partial charge in [0.25, 0.3) is 0 Å². The van der Waals surface area contributed by atoms with Crippen molar-refractivity contribution < 1.29 is 18.4 Å². The topological polar surface area (TPSA) is 40.6 Å². The van der Waals surface area contributed by atoms with Gasteiger partial charge < -0.3 is 9.80 Å². The number of hydrogen-bond acceptors (Lipinski definition) is 2. The van der Waals surface area contributed by atoms with E-state index < -0.39 is 5.41 Å². The van der Waals surface area contributed by atoms with E-state index in [2.05, 4.69) is 0 Å². The summed E-state index contributed by atoms with van der Waals surface area (Å²) >= 11 is 0. The summed E-state index contributed by atoms with van der Waals surface area (Å²) in [6, 6.07) is 12.3. The van der Waals surface area contributed by atoms with E-state index >= 15 is 0 Å². The van der Waals surface area contributed by atoms with Crippen molar-refractivity contribution in [3.63, 3.8) is 0 Å². The smallest absolute Gasteiger partial charge is 0.233 e. The molecule has 1 saturated heterocycles. The molecule has 0 bridgehead atoms. The zero-order chi connectivity index (χ0) is 21.1. The van der Waals surface area contributed by atoms with Crippen molar-refractivity contribution in [3.05, 3.63) is 71.3 Å². The summed E-state index contributed by atoms with van der Waals surface area (Å²) in [7, 11) is 0. The Labute approximate surface area is 175 Å². The zero-order valence-electron chi connectivity index (χ0n) is 16.9. The third kappa shape index (κ3) is 4.09. The van der Waals surface area contributed by atoms with Gasteiger partial charge in [-0.3, -0.25) is 9.59 Å². The molecule has 158 valence electrons. The summed E-state index contributed by atoms with van der Waals surface area (Å²) in [5.74, 6) is -0.534. The number of halogens is 2. The Kier molecular flexibility index (Phi) is 5.84. The lowest BCUT2D eigenvalue weighted by Crippen LogP contribution is -2.55. The molecule has 1 saturated carbocycles. The number of carbonyl (C=O) groups is 2. The van der Waals surface area contributed by atoms with Crippen molar-refractivity contribution in [2.24, 2.45) is 0 Å². The van der Waals surface area contributed by atoms with Gasteiger partial charge in [0.2, 0.25) is 11.8 Å². The van der Waals surface area contributed by atoms with E-state index in [0.717, 1.165) is 36.8 Å². The molecule has 0 N–H and O–H groups in total. The molecule has 0 aromatic heterocycles. The Bertz CT molecular complexity index is 898. The Balaban J connectivity index is 1.40. The van der Waals surface area contributed by atoms with E-state index in [1.165, 1.54) is 24.3 Å². The van der Waals surface area contributed by atoms with Gasteiger partial charge in [-0.05, 0) is 48.2 Å². The van der Waals surface area contributed by atoms with Gasteiger partial charge in [0.05, 0.1) is 11.8 Å². The lowest BCUT2D eigenvalue weighted by molar-refractivity contribution is -0.143. The monoisotopic (exact) mass is 412 g/mol. The molecule has 30 heavy (non-hydrogen) atoms. The van der Waals surface area contributed by atoms with Crippen LogP contribution in [0.5, 0.6) is 0 Å². The molecule has 1 aliphatic carbocycles. The summed E-state index contributed by atoms with van der Waals surface area (Å²) in [4.78, 5) is 29.7. The summed E-state index contributed by atoms with van der Waals surface area (Å²) in [6.07, 6.45) is 3.76. The van der Waals surface area contributed by atoms with Crippen molar-refractivity contribution in [2.45, 2.75) is 37.5 Å². The number of carbonyl (C=O) groups excluding carboxylic acids is 2. The molecule has 0 radical (unpaired) electrons. The largest absolute Gasteiger partial charge is 0.339 e. The van der Waals surface area contributed by atoms with Gasteiger partial charge in [-0.15, -0.1) is 0 Å². The lowest BCUT2D eigenvalue weighted by atomic mass is 9.77. The molecule has 0 unspecified atom stereocenters. The molecule has 2 amide bonds. The average molecular weight is 412 g/mol. The van der Waals surface area contributed by atoms with Gasteiger partial charge in [0.1, 0.15) is 11.6 Å². The van der Waals surface area contributed by atoms with Crippen molar-refractivity contribution in [3.8, 4) is 0 Å². The highest BCUT2D eigenvalue weighted by atomic mass is 19.1. The molecule has 0 spiro atoms. The fraction of sp³-hybridized carbons (Fsp3) is 0.417. The number of benzene rings is 2. The molecule has 4 nitrogen and oxygen atoms in total. The number of hydrogen-bond donors (Lipinski definition) is 0. The predicted octanol–water partition coefficient (Wildman–Crippen LogP) is 3.69. The predicted molar refractivity (Wildman–Crippen MR) is 110 cm³/mol. The Morgan fingerprint density at radius 2 is 1.27 bits per heavy atom. The van der Waals surface area contributed by atoms with E-state index in [1.807, 2.05) is 4.90 Å². The van der Waals surface area contributed by atoms with Crippen LogP contribution in [-0.4, -0.2) is 47.8 Å². The molecule has 4 rings (SSSR count). The molecule has 2 aliphatic rings. The van der Waals surface area contributed by atoms with Crippen molar-refractivity contribution in [2.75, 3.05) is 26.2 Å². The number of rotatable bonds is 4. The van der Waals surface area contributed by atoms with E-state index in [0.29, 0.717) is 26.2 Å². The molecule has 0 atom stereocenters. The second-order valence-electron chi connectivity index (χ2n) is 8.27. The van der Waals surface area contributed by atoms with Gasteiger partial charge in [-0.1, -0.05) is 37.1 Å². The third-order valence-corrected chi connectivity index (χ3v) is 6.45. The molecular formula is C24H26F2N2O2. The van der Waals surface area contributed by atoms with Crippen LogP contribution in [0.2, 0.25) is 0 Å². The molecule has 2 aromatic carbocycles. The Morgan fingerprint density at radius 1 is 0.767 bits per heavy atom. The maximum absolute atomic E-state index is 13.5. The summed E-state index contributed by atoms with van der Waals surface area (Å²) in [5, 5.41) is 0. The first-order chi connectivity index (χ1) is 14.5. The third-order valence-electron chi connectivity index (χ3n) is 6.45. The molecule has 1 aliphatic heterocycles. The highest BCUT2D eigenvalue weighted by Gasteiger charge is 2.45. The standard InChI is InChI=1S/C24H26F2N2O2/c25-20-7-3-18(4-8-20)17-22(29)27-13-15-28(16-14-27)23(30)24(11-1-2-12-24)19-5-9-21(26)10-6-19/h3-10H,1-2,11-17H2. The fourth-order valence-electron chi connectivity index (χ4n) is 4.72. The Hall–Kier alpha value is -2.76. The van der Waals surface area contributed by atoms with Crippen LogP contribution in [0.3, 0.4) is 0 Å². The van der Waals surface area contributed by atoms with Crippen molar-refractivity contribution in [1.29, 1.82) is 0 Å².